The first kappa shape index (κ1) is 31.5. The lowest BCUT2D eigenvalue weighted by molar-refractivity contribution is -0.137. The molecular formula is C32H43Cl2N3O4. The minimum atomic E-state index is -0.692. The van der Waals surface area contributed by atoms with Crippen molar-refractivity contribution < 1.29 is 19.1 Å². The van der Waals surface area contributed by atoms with Crippen molar-refractivity contribution in [2.75, 3.05) is 46.4 Å². The van der Waals surface area contributed by atoms with Gasteiger partial charge in [-0.25, -0.2) is 4.79 Å². The summed E-state index contributed by atoms with van der Waals surface area (Å²) in [5.41, 5.74) is 1.41. The van der Waals surface area contributed by atoms with Gasteiger partial charge in [-0.05, 0) is 101 Å². The molecule has 0 spiro atoms. The molecular weight excluding hydrogens is 561 g/mol. The van der Waals surface area contributed by atoms with Gasteiger partial charge in [0.15, 0.2) is 0 Å². The van der Waals surface area contributed by atoms with Crippen molar-refractivity contribution in [2.45, 2.75) is 70.4 Å². The number of ether oxygens (including phenoxy) is 2. The molecule has 2 saturated heterocycles. The van der Waals surface area contributed by atoms with Crippen LogP contribution in [0.4, 0.5) is 4.79 Å². The van der Waals surface area contributed by atoms with E-state index in [0.717, 1.165) is 49.4 Å². The summed E-state index contributed by atoms with van der Waals surface area (Å²) in [5.74, 6) is 1.02. The molecule has 41 heavy (non-hydrogen) atoms. The van der Waals surface area contributed by atoms with Gasteiger partial charge in [-0.1, -0.05) is 41.4 Å². The van der Waals surface area contributed by atoms with Gasteiger partial charge in [0.05, 0.1) is 0 Å². The molecule has 0 aliphatic carbocycles. The van der Waals surface area contributed by atoms with Gasteiger partial charge in [0.25, 0.3) is 0 Å². The van der Waals surface area contributed by atoms with Gasteiger partial charge < -0.3 is 14.4 Å². The van der Waals surface area contributed by atoms with Crippen molar-refractivity contribution in [3.63, 3.8) is 0 Å². The summed E-state index contributed by atoms with van der Waals surface area (Å²) in [6.45, 7) is 10.5. The number of hydrogen-bond acceptors (Lipinski definition) is 5. The van der Waals surface area contributed by atoms with Crippen LogP contribution in [0.1, 0.15) is 63.5 Å². The Labute approximate surface area is 254 Å². The Morgan fingerprint density at radius 2 is 1.61 bits per heavy atom. The van der Waals surface area contributed by atoms with E-state index in [9.17, 15) is 9.59 Å². The van der Waals surface area contributed by atoms with Crippen LogP contribution in [-0.2, 0) is 16.0 Å². The number of piperidine rings is 1. The summed E-state index contributed by atoms with van der Waals surface area (Å²) in [7, 11) is 1.64. The minimum absolute atomic E-state index is 0.0787. The number of carbonyl (C=O) groups excluding carboxylic acids is 2. The Kier molecular flexibility index (Phi) is 10.8. The Balaban J connectivity index is 1.43. The quantitative estimate of drug-likeness (QED) is 0.321. The number of halogens is 2. The highest BCUT2D eigenvalue weighted by Gasteiger charge is 2.35. The van der Waals surface area contributed by atoms with E-state index in [1.54, 1.807) is 19.2 Å². The van der Waals surface area contributed by atoms with Gasteiger partial charge in [-0.3, -0.25) is 14.6 Å². The SMILES string of the molecule is CN(C(=O)OC(C)(C)C)[C@H](Cc1ccc(Cl)cc1)C(=O)N1CCC(c2ccc(Cl)cc2OCCN2CCCC2)CC1. The van der Waals surface area contributed by atoms with E-state index in [1.807, 2.05) is 49.9 Å². The lowest BCUT2D eigenvalue weighted by Crippen LogP contribution is -2.53. The van der Waals surface area contributed by atoms with Gasteiger partial charge in [-0.2, -0.15) is 0 Å². The smallest absolute Gasteiger partial charge is 0.410 e. The second-order valence-corrected chi connectivity index (χ2v) is 13.0. The third-order valence-corrected chi connectivity index (χ3v) is 8.35. The summed E-state index contributed by atoms with van der Waals surface area (Å²) < 4.78 is 11.8. The molecule has 0 aromatic heterocycles. The fourth-order valence-electron chi connectivity index (χ4n) is 5.58. The number of amides is 2. The Morgan fingerprint density at radius 1 is 0.976 bits per heavy atom. The van der Waals surface area contributed by atoms with Gasteiger partial charge in [0.2, 0.25) is 5.91 Å². The largest absolute Gasteiger partial charge is 0.492 e. The predicted octanol–water partition coefficient (Wildman–Crippen LogP) is 6.65. The summed E-state index contributed by atoms with van der Waals surface area (Å²) in [5, 5.41) is 1.29. The van der Waals surface area contributed by atoms with Crippen molar-refractivity contribution in [3.8, 4) is 5.75 Å². The van der Waals surface area contributed by atoms with Crippen LogP contribution >= 0.6 is 23.2 Å². The highest BCUT2D eigenvalue weighted by Crippen LogP contribution is 2.36. The van der Waals surface area contributed by atoms with Crippen LogP contribution in [0, 0.1) is 0 Å². The maximum atomic E-state index is 13.9. The second-order valence-electron chi connectivity index (χ2n) is 12.1. The summed E-state index contributed by atoms with van der Waals surface area (Å²) in [4.78, 5) is 32.6. The van der Waals surface area contributed by atoms with Gasteiger partial charge in [0, 0.05) is 43.1 Å². The van der Waals surface area contributed by atoms with E-state index in [1.165, 1.54) is 17.7 Å². The molecule has 1 atom stereocenters. The van der Waals surface area contributed by atoms with Crippen LogP contribution in [-0.4, -0.2) is 84.7 Å². The molecule has 2 fully saturated rings. The lowest BCUT2D eigenvalue weighted by Gasteiger charge is -2.37. The molecule has 0 bridgehead atoms. The molecule has 0 unspecified atom stereocenters. The highest BCUT2D eigenvalue weighted by atomic mass is 35.5. The molecule has 4 rings (SSSR count). The summed E-state index contributed by atoms with van der Waals surface area (Å²) in [6.07, 6.45) is 3.98. The van der Waals surface area contributed by atoms with Crippen molar-refractivity contribution in [1.82, 2.24) is 14.7 Å². The van der Waals surface area contributed by atoms with E-state index >= 15 is 0 Å². The zero-order valence-electron chi connectivity index (χ0n) is 24.7. The molecule has 2 aliphatic rings. The number of carbonyl (C=O) groups is 2. The Hall–Kier alpha value is -2.48. The van der Waals surface area contributed by atoms with Crippen LogP contribution in [0.5, 0.6) is 5.75 Å². The van der Waals surface area contributed by atoms with E-state index in [4.69, 9.17) is 32.7 Å². The molecule has 2 amide bonds. The van der Waals surface area contributed by atoms with Gasteiger partial charge in [-0.15, -0.1) is 0 Å². The zero-order chi connectivity index (χ0) is 29.6. The van der Waals surface area contributed by atoms with Crippen LogP contribution in [0.2, 0.25) is 10.0 Å². The minimum Gasteiger partial charge on any atom is -0.492 e. The Morgan fingerprint density at radius 3 is 2.24 bits per heavy atom. The van der Waals surface area contributed by atoms with E-state index in [-0.39, 0.29) is 11.8 Å². The molecule has 2 aromatic carbocycles. The number of likely N-dealkylation sites (N-methyl/N-ethyl adjacent to an activating group) is 1. The predicted molar refractivity (Wildman–Crippen MR) is 164 cm³/mol. The highest BCUT2D eigenvalue weighted by molar-refractivity contribution is 6.31. The molecule has 2 aromatic rings. The molecule has 224 valence electrons. The Bertz CT molecular complexity index is 1170. The topological polar surface area (TPSA) is 62.3 Å². The van der Waals surface area contributed by atoms with Gasteiger partial charge >= 0.3 is 6.09 Å². The first-order valence-electron chi connectivity index (χ1n) is 14.6. The van der Waals surface area contributed by atoms with Crippen molar-refractivity contribution in [2.24, 2.45) is 0 Å². The molecule has 0 radical (unpaired) electrons. The zero-order valence-corrected chi connectivity index (χ0v) is 26.2. The number of nitrogens with zero attached hydrogens (tertiary/aromatic N) is 3. The number of benzene rings is 2. The van der Waals surface area contributed by atoms with Crippen molar-refractivity contribution in [3.05, 3.63) is 63.6 Å². The van der Waals surface area contributed by atoms with Crippen molar-refractivity contribution >= 4 is 35.2 Å². The average Bonchev–Trinajstić information content (AvgIpc) is 3.45. The number of hydrogen-bond donors (Lipinski definition) is 0. The lowest BCUT2D eigenvalue weighted by atomic mass is 9.88. The number of likely N-dealkylation sites (tertiary alicyclic amines) is 2. The molecule has 7 nitrogen and oxygen atoms in total. The van der Waals surface area contributed by atoms with Crippen LogP contribution < -0.4 is 4.74 Å². The molecule has 0 saturated carbocycles. The monoisotopic (exact) mass is 603 g/mol. The maximum absolute atomic E-state index is 13.9. The normalized spacial score (nSPS) is 17.4. The van der Waals surface area contributed by atoms with E-state index in [2.05, 4.69) is 11.0 Å². The fourth-order valence-corrected chi connectivity index (χ4v) is 5.87. The van der Waals surface area contributed by atoms with E-state index < -0.39 is 17.7 Å². The van der Waals surface area contributed by atoms with Crippen molar-refractivity contribution in [1.29, 1.82) is 0 Å². The third-order valence-electron chi connectivity index (χ3n) is 7.86. The molecule has 9 heteroatoms. The third kappa shape index (κ3) is 9.00. The molecule has 0 N–H and O–H groups in total. The first-order chi connectivity index (χ1) is 19.5. The van der Waals surface area contributed by atoms with Crippen LogP contribution in [0.15, 0.2) is 42.5 Å². The first-order valence-corrected chi connectivity index (χ1v) is 15.4. The standard InChI is InChI=1S/C32H43Cl2N3O4/c1-32(2,3)41-31(39)35(4)28(21-23-7-9-25(33)10-8-23)30(38)37-17-13-24(14-18-37)27-12-11-26(34)22-29(27)40-20-19-36-15-5-6-16-36/h7-12,22,24,28H,5-6,13-21H2,1-4H3/t28-/m1/s1. The van der Waals surface area contributed by atoms with Gasteiger partial charge in [0.1, 0.15) is 24.0 Å². The maximum Gasteiger partial charge on any atom is 0.410 e. The summed E-state index contributed by atoms with van der Waals surface area (Å²) >= 11 is 12.4. The molecule has 2 heterocycles. The molecule has 2 aliphatic heterocycles. The fraction of sp³-hybridized carbons (Fsp3) is 0.562. The average molecular weight is 605 g/mol. The summed E-state index contributed by atoms with van der Waals surface area (Å²) in [6, 6.07) is 12.6. The van der Waals surface area contributed by atoms with E-state index in [0.29, 0.717) is 36.2 Å². The van der Waals surface area contributed by atoms with Crippen LogP contribution in [0.25, 0.3) is 0 Å². The number of rotatable bonds is 9. The second kappa shape index (κ2) is 14.1. The van der Waals surface area contributed by atoms with Crippen LogP contribution in [0.3, 0.4) is 0 Å².